The Labute approximate surface area is 100 Å². The molecule has 0 bridgehead atoms. The van der Waals surface area contributed by atoms with Crippen LogP contribution in [0.3, 0.4) is 0 Å². The molecule has 5 nitrogen and oxygen atoms in total. The summed E-state index contributed by atoms with van der Waals surface area (Å²) in [6, 6.07) is 0.924. The number of alkyl halides is 3. The minimum absolute atomic E-state index is 0.101. The number of nitrogens with one attached hydrogen (secondary N) is 1. The van der Waals surface area contributed by atoms with E-state index in [0.29, 0.717) is 0 Å². The molecule has 0 aliphatic rings. The second-order valence-electron chi connectivity index (χ2n) is 3.66. The van der Waals surface area contributed by atoms with Crippen molar-refractivity contribution in [3.63, 3.8) is 0 Å². The van der Waals surface area contributed by atoms with Gasteiger partial charge in [-0.3, -0.25) is 4.98 Å². The van der Waals surface area contributed by atoms with Crippen LogP contribution < -0.4 is 5.32 Å². The number of aliphatic hydroxyl groups is 1. The van der Waals surface area contributed by atoms with Gasteiger partial charge in [0.2, 0.25) is 0 Å². The molecule has 1 heterocycles. The van der Waals surface area contributed by atoms with Gasteiger partial charge in [-0.25, -0.2) is 4.79 Å². The maximum absolute atomic E-state index is 12.2. The van der Waals surface area contributed by atoms with Crippen molar-refractivity contribution in [1.29, 1.82) is 0 Å². The molecule has 0 fully saturated rings. The number of pyridine rings is 1. The summed E-state index contributed by atoms with van der Waals surface area (Å²) >= 11 is 0. The molecule has 8 heteroatoms. The van der Waals surface area contributed by atoms with Crippen molar-refractivity contribution >= 4 is 6.09 Å². The molecule has 1 amide bonds. The van der Waals surface area contributed by atoms with Crippen LogP contribution in [0.4, 0.5) is 18.0 Å². The number of carboxylic acid groups (broad SMARTS) is 1. The second kappa shape index (κ2) is 5.21. The van der Waals surface area contributed by atoms with Gasteiger partial charge in [-0.2, -0.15) is 13.2 Å². The Bertz CT molecular complexity index is 419. The molecule has 0 aliphatic heterocycles. The molecule has 0 saturated carbocycles. The minimum Gasteiger partial charge on any atom is -0.465 e. The Kier molecular flexibility index (Phi) is 4.12. The lowest BCUT2D eigenvalue weighted by Gasteiger charge is -2.19. The number of amides is 1. The van der Waals surface area contributed by atoms with Crippen LogP contribution in [-0.4, -0.2) is 27.3 Å². The van der Waals surface area contributed by atoms with Crippen LogP contribution in [0, 0.1) is 0 Å². The van der Waals surface area contributed by atoms with Crippen molar-refractivity contribution < 1.29 is 28.2 Å². The number of hydrogen-bond donors (Lipinski definition) is 3. The van der Waals surface area contributed by atoms with E-state index in [1.807, 2.05) is 5.32 Å². The quantitative estimate of drug-likeness (QED) is 0.777. The van der Waals surface area contributed by atoms with Gasteiger partial charge < -0.3 is 15.5 Å². The highest BCUT2D eigenvalue weighted by molar-refractivity contribution is 5.64. The average molecular weight is 264 g/mol. The molecular weight excluding hydrogens is 253 g/mol. The first-order chi connectivity index (χ1) is 8.21. The number of hydrogen-bond acceptors (Lipinski definition) is 3. The molecule has 18 heavy (non-hydrogen) atoms. The van der Waals surface area contributed by atoms with E-state index in [-0.39, 0.29) is 5.56 Å². The highest BCUT2D eigenvalue weighted by atomic mass is 19.4. The van der Waals surface area contributed by atoms with Gasteiger partial charge in [0, 0.05) is 11.8 Å². The SMILES string of the molecule is CC(NC(=O)O)C(O)c1ccc(C(F)(F)F)nc1. The molecule has 0 aliphatic carbocycles. The monoisotopic (exact) mass is 264 g/mol. The van der Waals surface area contributed by atoms with Gasteiger partial charge in [0.1, 0.15) is 11.8 Å². The molecule has 0 spiro atoms. The molecule has 2 unspecified atom stereocenters. The number of rotatable bonds is 3. The van der Waals surface area contributed by atoms with Crippen molar-refractivity contribution in [2.75, 3.05) is 0 Å². The summed E-state index contributed by atoms with van der Waals surface area (Å²) in [6.45, 7) is 1.39. The van der Waals surface area contributed by atoms with Gasteiger partial charge >= 0.3 is 12.3 Å². The highest BCUT2D eigenvalue weighted by Crippen LogP contribution is 2.28. The Morgan fingerprint density at radius 3 is 2.44 bits per heavy atom. The Hall–Kier alpha value is -1.83. The summed E-state index contributed by atoms with van der Waals surface area (Å²) in [6.07, 6.45) is -6.28. The zero-order chi connectivity index (χ0) is 13.9. The summed E-state index contributed by atoms with van der Waals surface area (Å²) in [5.41, 5.74) is -0.971. The lowest BCUT2D eigenvalue weighted by atomic mass is 10.1. The van der Waals surface area contributed by atoms with E-state index in [4.69, 9.17) is 5.11 Å². The lowest BCUT2D eigenvalue weighted by molar-refractivity contribution is -0.141. The third-order valence-electron chi connectivity index (χ3n) is 2.24. The topological polar surface area (TPSA) is 82.5 Å². The third-order valence-corrected chi connectivity index (χ3v) is 2.24. The van der Waals surface area contributed by atoms with Crippen LogP contribution in [0.15, 0.2) is 18.3 Å². The Morgan fingerprint density at radius 2 is 2.06 bits per heavy atom. The highest BCUT2D eigenvalue weighted by Gasteiger charge is 2.32. The third kappa shape index (κ3) is 3.59. The van der Waals surface area contributed by atoms with Crippen LogP contribution in [0.5, 0.6) is 0 Å². The Morgan fingerprint density at radius 1 is 1.44 bits per heavy atom. The molecule has 0 saturated heterocycles. The number of carbonyl (C=O) groups is 1. The standard InChI is InChI=1S/C10H11F3N2O3/c1-5(15-9(17)18)8(16)6-2-3-7(14-4-6)10(11,12)13/h2-5,8,15-16H,1H3,(H,17,18). The van der Waals surface area contributed by atoms with Gasteiger partial charge in [0.05, 0.1) is 6.04 Å². The summed E-state index contributed by atoms with van der Waals surface area (Å²) in [7, 11) is 0. The van der Waals surface area contributed by atoms with Gasteiger partial charge in [-0.05, 0) is 13.0 Å². The van der Waals surface area contributed by atoms with Gasteiger partial charge in [0.15, 0.2) is 0 Å². The van der Waals surface area contributed by atoms with Crippen LogP contribution in [0.2, 0.25) is 0 Å². The predicted octanol–water partition coefficient (Wildman–Crippen LogP) is 1.79. The molecule has 0 radical (unpaired) electrons. The number of nitrogens with zero attached hydrogens (tertiary/aromatic N) is 1. The average Bonchev–Trinajstić information content (AvgIpc) is 2.26. The summed E-state index contributed by atoms with van der Waals surface area (Å²) in [4.78, 5) is 13.5. The van der Waals surface area contributed by atoms with E-state index in [0.717, 1.165) is 18.3 Å². The van der Waals surface area contributed by atoms with Crippen LogP contribution in [0.25, 0.3) is 0 Å². The van der Waals surface area contributed by atoms with Gasteiger partial charge in [0.25, 0.3) is 0 Å². The van der Waals surface area contributed by atoms with E-state index in [9.17, 15) is 23.1 Å². The first-order valence-electron chi connectivity index (χ1n) is 4.92. The summed E-state index contributed by atoms with van der Waals surface area (Å²) in [5.74, 6) is 0. The molecule has 1 aromatic heterocycles. The fourth-order valence-corrected chi connectivity index (χ4v) is 1.31. The first kappa shape index (κ1) is 14.2. The molecular formula is C10H11F3N2O3. The first-order valence-corrected chi connectivity index (χ1v) is 4.92. The van der Waals surface area contributed by atoms with E-state index in [2.05, 4.69) is 4.98 Å². The fourth-order valence-electron chi connectivity index (χ4n) is 1.31. The normalized spacial score (nSPS) is 14.9. The maximum atomic E-state index is 12.2. The van der Waals surface area contributed by atoms with Crippen LogP contribution in [0.1, 0.15) is 24.3 Å². The van der Waals surface area contributed by atoms with E-state index >= 15 is 0 Å². The molecule has 100 valence electrons. The maximum Gasteiger partial charge on any atom is 0.433 e. The van der Waals surface area contributed by atoms with Crippen LogP contribution in [-0.2, 0) is 6.18 Å². The number of aromatic nitrogens is 1. The van der Waals surface area contributed by atoms with Gasteiger partial charge in [-0.15, -0.1) is 0 Å². The van der Waals surface area contributed by atoms with Crippen molar-refractivity contribution in [1.82, 2.24) is 10.3 Å². The second-order valence-corrected chi connectivity index (χ2v) is 3.66. The molecule has 0 aromatic carbocycles. The predicted molar refractivity (Wildman–Crippen MR) is 54.8 cm³/mol. The van der Waals surface area contributed by atoms with E-state index in [1.165, 1.54) is 6.92 Å². The molecule has 3 N–H and O–H groups in total. The minimum atomic E-state index is -4.55. The summed E-state index contributed by atoms with van der Waals surface area (Å²) < 4.78 is 36.7. The van der Waals surface area contributed by atoms with Crippen molar-refractivity contribution in [2.45, 2.75) is 25.2 Å². The van der Waals surface area contributed by atoms with E-state index in [1.54, 1.807) is 0 Å². The van der Waals surface area contributed by atoms with Crippen molar-refractivity contribution in [3.8, 4) is 0 Å². The zero-order valence-electron chi connectivity index (χ0n) is 9.27. The zero-order valence-corrected chi connectivity index (χ0v) is 9.27. The van der Waals surface area contributed by atoms with E-state index < -0.39 is 30.1 Å². The van der Waals surface area contributed by atoms with Crippen molar-refractivity contribution in [3.05, 3.63) is 29.6 Å². The van der Waals surface area contributed by atoms with Crippen LogP contribution >= 0.6 is 0 Å². The summed E-state index contributed by atoms with van der Waals surface area (Å²) in [5, 5.41) is 20.1. The van der Waals surface area contributed by atoms with Crippen molar-refractivity contribution in [2.24, 2.45) is 0 Å². The lowest BCUT2D eigenvalue weighted by Crippen LogP contribution is -2.36. The fraction of sp³-hybridized carbons (Fsp3) is 0.400. The van der Waals surface area contributed by atoms with Gasteiger partial charge in [-0.1, -0.05) is 6.07 Å². The largest absolute Gasteiger partial charge is 0.465 e. The number of aliphatic hydroxyl groups excluding tert-OH is 1. The Balaban J connectivity index is 2.82. The molecule has 1 rings (SSSR count). The molecule has 2 atom stereocenters. The smallest absolute Gasteiger partial charge is 0.433 e. The number of halogens is 3. The molecule has 1 aromatic rings.